The fraction of sp³-hybridized carbons (Fsp3) is 0.273. The number of nitrogen functional groups attached to an aromatic ring is 1. The number of nitrogens with zero attached hydrogens (tertiary/aromatic N) is 4. The minimum atomic E-state index is -0.121. The molecule has 2 aromatic rings. The van der Waals surface area contributed by atoms with Crippen molar-refractivity contribution in [3.05, 3.63) is 36.3 Å². The van der Waals surface area contributed by atoms with Gasteiger partial charge in [-0.2, -0.15) is 0 Å². The predicted octanol–water partition coefficient (Wildman–Crippen LogP) is -0.386. The Labute approximate surface area is 104 Å². The molecule has 0 atom stereocenters. The molecule has 0 bridgehead atoms. The number of hydrogen-bond donors (Lipinski definition) is 2. The number of anilines is 1. The molecule has 0 unspecified atom stereocenters. The molecular weight excluding hydrogens is 232 g/mol. The van der Waals surface area contributed by atoms with Crippen LogP contribution >= 0.6 is 0 Å². The molecule has 7 heteroatoms. The normalized spacial score (nSPS) is 10.2. The van der Waals surface area contributed by atoms with Crippen molar-refractivity contribution in [3.8, 4) is 0 Å². The van der Waals surface area contributed by atoms with Crippen LogP contribution in [0.4, 0.5) is 5.82 Å². The number of nitrogens with two attached hydrogens (primary N) is 1. The molecular formula is C11H14N6O. The average Bonchev–Trinajstić information content (AvgIpc) is 2.76. The second kappa shape index (κ2) is 5.76. The van der Waals surface area contributed by atoms with E-state index < -0.39 is 0 Å². The highest BCUT2D eigenvalue weighted by Crippen LogP contribution is 1.96. The van der Waals surface area contributed by atoms with E-state index in [1.807, 2.05) is 12.1 Å². The van der Waals surface area contributed by atoms with Crippen molar-refractivity contribution in [1.82, 2.24) is 25.3 Å². The number of aromatic nitrogens is 4. The van der Waals surface area contributed by atoms with Crippen LogP contribution < -0.4 is 11.1 Å². The Balaban J connectivity index is 1.72. The Morgan fingerprint density at radius 2 is 2.39 bits per heavy atom. The Hall–Kier alpha value is -2.44. The first-order valence-corrected chi connectivity index (χ1v) is 5.55. The molecule has 7 nitrogen and oxygen atoms in total. The van der Waals surface area contributed by atoms with Gasteiger partial charge in [-0.05, 0) is 18.1 Å². The first-order valence-electron chi connectivity index (χ1n) is 5.55. The van der Waals surface area contributed by atoms with Crippen molar-refractivity contribution in [3.63, 3.8) is 0 Å². The SMILES string of the molecule is Nc1cn(CC(=O)NCCc2cccnc2)nn1. The van der Waals surface area contributed by atoms with Gasteiger partial charge in [0.1, 0.15) is 6.54 Å². The summed E-state index contributed by atoms with van der Waals surface area (Å²) in [5, 5.41) is 10.1. The van der Waals surface area contributed by atoms with Gasteiger partial charge in [-0.3, -0.25) is 9.78 Å². The maximum atomic E-state index is 11.6. The third kappa shape index (κ3) is 3.55. The first-order chi connectivity index (χ1) is 8.74. The van der Waals surface area contributed by atoms with Gasteiger partial charge in [0, 0.05) is 18.9 Å². The number of nitrogens with one attached hydrogen (secondary N) is 1. The third-order valence-electron chi connectivity index (χ3n) is 2.32. The summed E-state index contributed by atoms with van der Waals surface area (Å²) in [4.78, 5) is 15.6. The minimum absolute atomic E-state index is 0.121. The largest absolute Gasteiger partial charge is 0.381 e. The molecule has 0 fully saturated rings. The standard InChI is InChI=1S/C11H14N6O/c12-10-7-17(16-15-10)8-11(18)14-5-3-9-2-1-4-13-6-9/h1-2,4,6-7H,3,5,8,12H2,(H,14,18). The molecule has 94 valence electrons. The molecule has 0 saturated heterocycles. The summed E-state index contributed by atoms with van der Waals surface area (Å²) in [7, 11) is 0. The summed E-state index contributed by atoms with van der Waals surface area (Å²) in [5.74, 6) is 0.182. The maximum absolute atomic E-state index is 11.6. The van der Waals surface area contributed by atoms with E-state index in [-0.39, 0.29) is 12.5 Å². The number of hydrogen-bond acceptors (Lipinski definition) is 5. The van der Waals surface area contributed by atoms with Crippen LogP contribution in [0.5, 0.6) is 0 Å². The molecule has 3 N–H and O–H groups in total. The minimum Gasteiger partial charge on any atom is -0.381 e. The fourth-order valence-corrected chi connectivity index (χ4v) is 1.49. The lowest BCUT2D eigenvalue weighted by Crippen LogP contribution is -2.29. The van der Waals surface area contributed by atoms with Gasteiger partial charge in [-0.15, -0.1) is 5.10 Å². The lowest BCUT2D eigenvalue weighted by atomic mass is 10.2. The van der Waals surface area contributed by atoms with Crippen LogP contribution in [0.1, 0.15) is 5.56 Å². The van der Waals surface area contributed by atoms with Crippen molar-refractivity contribution in [2.75, 3.05) is 12.3 Å². The molecule has 0 spiro atoms. The van der Waals surface area contributed by atoms with Gasteiger partial charge < -0.3 is 11.1 Å². The first kappa shape index (κ1) is 12.0. The van der Waals surface area contributed by atoms with Crippen LogP contribution in [0, 0.1) is 0 Å². The van der Waals surface area contributed by atoms with Crippen molar-refractivity contribution in [2.24, 2.45) is 0 Å². The van der Waals surface area contributed by atoms with Gasteiger partial charge in [0.05, 0.1) is 6.20 Å². The zero-order chi connectivity index (χ0) is 12.8. The summed E-state index contributed by atoms with van der Waals surface area (Å²) in [6.45, 7) is 0.686. The van der Waals surface area contributed by atoms with Crippen LogP contribution in [0.15, 0.2) is 30.7 Å². The van der Waals surface area contributed by atoms with E-state index in [2.05, 4.69) is 20.6 Å². The highest BCUT2D eigenvalue weighted by Gasteiger charge is 2.04. The van der Waals surface area contributed by atoms with Crippen molar-refractivity contribution < 1.29 is 4.79 Å². The zero-order valence-electron chi connectivity index (χ0n) is 9.78. The van der Waals surface area contributed by atoms with Gasteiger partial charge in [0.2, 0.25) is 5.91 Å². The van der Waals surface area contributed by atoms with Crippen LogP contribution in [0.2, 0.25) is 0 Å². The van der Waals surface area contributed by atoms with Gasteiger partial charge in [0.25, 0.3) is 0 Å². The molecule has 2 heterocycles. The number of amides is 1. The molecule has 0 aromatic carbocycles. The third-order valence-corrected chi connectivity index (χ3v) is 2.32. The number of carbonyl (C=O) groups excluding carboxylic acids is 1. The number of rotatable bonds is 5. The van der Waals surface area contributed by atoms with Gasteiger partial charge in [-0.1, -0.05) is 11.3 Å². The monoisotopic (exact) mass is 246 g/mol. The molecule has 0 aliphatic heterocycles. The molecule has 18 heavy (non-hydrogen) atoms. The van der Waals surface area contributed by atoms with Crippen molar-refractivity contribution in [2.45, 2.75) is 13.0 Å². The summed E-state index contributed by atoms with van der Waals surface area (Å²) in [6.07, 6.45) is 5.77. The Morgan fingerprint density at radius 1 is 1.50 bits per heavy atom. The van der Waals surface area contributed by atoms with Gasteiger partial charge >= 0.3 is 0 Å². The predicted molar refractivity (Wildman–Crippen MR) is 65.4 cm³/mol. The van der Waals surface area contributed by atoms with Crippen LogP contribution in [-0.4, -0.2) is 32.4 Å². The second-order valence-electron chi connectivity index (χ2n) is 3.80. The van der Waals surface area contributed by atoms with Crippen LogP contribution in [-0.2, 0) is 17.8 Å². The summed E-state index contributed by atoms with van der Waals surface area (Å²) < 4.78 is 1.40. The van der Waals surface area contributed by atoms with E-state index in [1.165, 1.54) is 10.9 Å². The maximum Gasteiger partial charge on any atom is 0.241 e. The highest BCUT2D eigenvalue weighted by molar-refractivity contribution is 5.75. The lowest BCUT2D eigenvalue weighted by Gasteiger charge is -2.04. The smallest absolute Gasteiger partial charge is 0.241 e. The van der Waals surface area contributed by atoms with Crippen LogP contribution in [0.3, 0.4) is 0 Å². The highest BCUT2D eigenvalue weighted by atomic mass is 16.2. The van der Waals surface area contributed by atoms with Crippen LogP contribution in [0.25, 0.3) is 0 Å². The van der Waals surface area contributed by atoms with E-state index >= 15 is 0 Å². The molecule has 1 amide bonds. The summed E-state index contributed by atoms with van der Waals surface area (Å²) in [6, 6.07) is 3.84. The topological polar surface area (TPSA) is 98.7 Å². The molecule has 2 aromatic heterocycles. The zero-order valence-corrected chi connectivity index (χ0v) is 9.78. The summed E-state index contributed by atoms with van der Waals surface area (Å²) >= 11 is 0. The quantitative estimate of drug-likeness (QED) is 0.749. The van der Waals surface area contributed by atoms with E-state index in [1.54, 1.807) is 12.4 Å². The Kier molecular flexibility index (Phi) is 3.85. The Bertz CT molecular complexity index is 509. The van der Waals surface area contributed by atoms with Gasteiger partial charge in [-0.25, -0.2) is 4.68 Å². The summed E-state index contributed by atoms with van der Waals surface area (Å²) in [5.41, 5.74) is 6.48. The average molecular weight is 246 g/mol. The van der Waals surface area contributed by atoms with E-state index in [0.717, 1.165) is 12.0 Å². The molecule has 2 rings (SSSR count). The number of carbonyl (C=O) groups is 1. The lowest BCUT2D eigenvalue weighted by molar-refractivity contribution is -0.121. The van der Waals surface area contributed by atoms with E-state index in [0.29, 0.717) is 12.4 Å². The second-order valence-corrected chi connectivity index (χ2v) is 3.80. The molecule has 0 saturated carbocycles. The van der Waals surface area contributed by atoms with Gasteiger partial charge in [0.15, 0.2) is 5.82 Å². The number of pyridine rings is 1. The Morgan fingerprint density at radius 3 is 3.06 bits per heavy atom. The van der Waals surface area contributed by atoms with E-state index in [4.69, 9.17) is 5.73 Å². The fourth-order valence-electron chi connectivity index (χ4n) is 1.49. The molecule has 0 aliphatic carbocycles. The van der Waals surface area contributed by atoms with Crippen molar-refractivity contribution >= 4 is 11.7 Å². The molecule has 0 radical (unpaired) electrons. The van der Waals surface area contributed by atoms with Crippen molar-refractivity contribution in [1.29, 1.82) is 0 Å². The van der Waals surface area contributed by atoms with E-state index in [9.17, 15) is 4.79 Å². The molecule has 0 aliphatic rings.